The van der Waals surface area contributed by atoms with Crippen molar-refractivity contribution < 1.29 is 24.9 Å². The third kappa shape index (κ3) is 5.05. The zero-order valence-electron chi connectivity index (χ0n) is 16.0. The molecule has 3 N–H and O–H groups in total. The van der Waals surface area contributed by atoms with Gasteiger partial charge in [0.25, 0.3) is 0 Å². The normalized spacial score (nSPS) is 46.5. The maximum Gasteiger partial charge on any atom is 0.309 e. The molecule has 2 aliphatic rings. The van der Waals surface area contributed by atoms with Crippen LogP contribution in [0, 0.1) is 11.8 Å². The Labute approximate surface area is 151 Å². The molecule has 0 spiro atoms. The lowest BCUT2D eigenvalue weighted by atomic mass is 9.75. The second-order valence-corrected chi connectivity index (χ2v) is 8.61. The summed E-state index contributed by atoms with van der Waals surface area (Å²) >= 11 is 0. The van der Waals surface area contributed by atoms with Crippen LogP contribution in [0.25, 0.3) is 0 Å². The van der Waals surface area contributed by atoms with Crippen molar-refractivity contribution in [2.24, 2.45) is 11.8 Å². The zero-order chi connectivity index (χ0) is 18.8. The molecule has 0 aromatic heterocycles. The number of fused-ring (bicyclic) bond motifs is 2. The van der Waals surface area contributed by atoms with Crippen molar-refractivity contribution in [3.05, 3.63) is 11.6 Å². The molecule has 0 amide bonds. The summed E-state index contributed by atoms with van der Waals surface area (Å²) in [6.07, 6.45) is 4.85. The predicted octanol–water partition coefficient (Wildman–Crippen LogP) is 2.72. The summed E-state index contributed by atoms with van der Waals surface area (Å²) in [5, 5.41) is 31.9. The molecule has 1 unspecified atom stereocenters. The van der Waals surface area contributed by atoms with E-state index in [1.807, 2.05) is 13.8 Å². The van der Waals surface area contributed by atoms with Crippen LogP contribution < -0.4 is 0 Å². The fraction of sp³-hybridized carbons (Fsp3) is 0.850. The molecular weight excluding hydrogens is 320 g/mol. The van der Waals surface area contributed by atoms with Gasteiger partial charge < -0.3 is 20.1 Å². The number of ether oxygens (including phenoxy) is 1. The average Bonchev–Trinajstić information content (AvgIpc) is 2.52. The summed E-state index contributed by atoms with van der Waals surface area (Å²) < 4.78 is 5.52. The lowest BCUT2D eigenvalue weighted by molar-refractivity contribution is -0.185. The minimum absolute atomic E-state index is 0.0385. The minimum Gasteiger partial charge on any atom is -0.459 e. The molecule has 0 aromatic carbocycles. The van der Waals surface area contributed by atoms with Crippen LogP contribution in [-0.4, -0.2) is 44.7 Å². The highest BCUT2D eigenvalue weighted by molar-refractivity contribution is 5.73. The van der Waals surface area contributed by atoms with Crippen LogP contribution in [0.4, 0.5) is 0 Å². The van der Waals surface area contributed by atoms with Gasteiger partial charge in [0, 0.05) is 0 Å². The van der Waals surface area contributed by atoms with Crippen molar-refractivity contribution in [3.63, 3.8) is 0 Å². The summed E-state index contributed by atoms with van der Waals surface area (Å²) in [4.78, 5) is 12.3. The monoisotopic (exact) mass is 354 g/mol. The maximum atomic E-state index is 12.3. The van der Waals surface area contributed by atoms with Crippen LogP contribution in [0.15, 0.2) is 11.6 Å². The molecule has 2 rings (SSSR count). The molecular formula is C20H34O5. The Bertz CT molecular complexity index is 508. The lowest BCUT2D eigenvalue weighted by Gasteiger charge is -2.41. The second-order valence-electron chi connectivity index (χ2n) is 8.61. The van der Waals surface area contributed by atoms with Crippen molar-refractivity contribution >= 4 is 5.97 Å². The summed E-state index contributed by atoms with van der Waals surface area (Å²) in [6.45, 7) is 7.26. The topological polar surface area (TPSA) is 87.0 Å². The zero-order valence-corrected chi connectivity index (χ0v) is 16.0. The predicted molar refractivity (Wildman–Crippen MR) is 95.9 cm³/mol. The van der Waals surface area contributed by atoms with Crippen molar-refractivity contribution in [1.29, 1.82) is 0 Å². The van der Waals surface area contributed by atoms with Crippen LogP contribution >= 0.6 is 0 Å². The Hall–Kier alpha value is -0.910. The molecule has 25 heavy (non-hydrogen) atoms. The quantitative estimate of drug-likeness (QED) is 0.460. The molecule has 6 atom stereocenters. The van der Waals surface area contributed by atoms with Gasteiger partial charge in [-0.15, -0.1) is 0 Å². The molecule has 1 aliphatic heterocycles. The largest absolute Gasteiger partial charge is 0.459 e. The highest BCUT2D eigenvalue weighted by atomic mass is 16.6. The summed E-state index contributed by atoms with van der Waals surface area (Å²) in [7, 11) is 0. The van der Waals surface area contributed by atoms with Gasteiger partial charge in [0.05, 0.1) is 23.2 Å². The first-order chi connectivity index (χ1) is 11.5. The number of carbonyl (C=O) groups excluding carboxylic acids is 1. The van der Waals surface area contributed by atoms with Gasteiger partial charge in [-0.05, 0) is 71.6 Å². The van der Waals surface area contributed by atoms with Crippen LogP contribution in [0.1, 0.15) is 72.6 Å². The van der Waals surface area contributed by atoms with E-state index in [4.69, 9.17) is 4.74 Å². The van der Waals surface area contributed by atoms with Crippen LogP contribution in [0.2, 0.25) is 0 Å². The number of hydrogen-bond donors (Lipinski definition) is 3. The number of aliphatic hydroxyl groups excluding tert-OH is 1. The van der Waals surface area contributed by atoms with E-state index >= 15 is 0 Å². The first-order valence-electron chi connectivity index (χ1n) is 9.52. The van der Waals surface area contributed by atoms with E-state index in [1.54, 1.807) is 13.8 Å². The standard InChI is InChI=1S/C20H34O5/c1-13-6-5-10-20(4,24)17-12-15(14(2)18(22)25-17)9-11-19(3,23)16(21)8-7-13/h6,14-17,21,23-24H,5,7-12H2,1-4H3/b13-6-/t14-,15?,16+,17+,19+,20-/m1/s1. The number of aliphatic hydroxyl groups is 3. The van der Waals surface area contributed by atoms with E-state index in [9.17, 15) is 20.1 Å². The van der Waals surface area contributed by atoms with Gasteiger partial charge in [0.2, 0.25) is 0 Å². The summed E-state index contributed by atoms with van der Waals surface area (Å²) in [5.41, 5.74) is -1.10. The highest BCUT2D eigenvalue weighted by Crippen LogP contribution is 2.38. The molecule has 5 heteroatoms. The lowest BCUT2D eigenvalue weighted by Crippen LogP contribution is -2.49. The van der Waals surface area contributed by atoms with Crippen LogP contribution in [0.3, 0.4) is 0 Å². The molecule has 144 valence electrons. The molecule has 0 saturated carbocycles. The second kappa shape index (κ2) is 7.77. The molecule has 2 bridgehead atoms. The third-order valence-corrected chi connectivity index (χ3v) is 6.24. The van der Waals surface area contributed by atoms with Gasteiger partial charge in [-0.1, -0.05) is 18.6 Å². The Morgan fingerprint density at radius 2 is 1.84 bits per heavy atom. The summed E-state index contributed by atoms with van der Waals surface area (Å²) in [6, 6.07) is 0. The molecule has 1 heterocycles. The number of hydrogen-bond acceptors (Lipinski definition) is 5. The molecule has 1 aliphatic carbocycles. The number of rotatable bonds is 0. The minimum atomic E-state index is -1.18. The van der Waals surface area contributed by atoms with Gasteiger partial charge in [-0.2, -0.15) is 0 Å². The van der Waals surface area contributed by atoms with Gasteiger partial charge in [-0.25, -0.2) is 0 Å². The molecule has 0 aromatic rings. The van der Waals surface area contributed by atoms with Gasteiger partial charge in [-0.3, -0.25) is 4.79 Å². The highest BCUT2D eigenvalue weighted by Gasteiger charge is 2.44. The first-order valence-corrected chi connectivity index (χ1v) is 9.52. The third-order valence-electron chi connectivity index (χ3n) is 6.24. The van der Waals surface area contributed by atoms with E-state index in [0.29, 0.717) is 38.5 Å². The molecule has 1 saturated heterocycles. The van der Waals surface area contributed by atoms with Crippen molar-refractivity contribution in [2.75, 3.05) is 0 Å². The van der Waals surface area contributed by atoms with E-state index in [2.05, 4.69) is 6.08 Å². The smallest absolute Gasteiger partial charge is 0.309 e. The van der Waals surface area contributed by atoms with E-state index in [0.717, 1.165) is 12.0 Å². The Balaban J connectivity index is 2.24. The summed E-state index contributed by atoms with van der Waals surface area (Å²) in [5.74, 6) is -0.493. The fourth-order valence-electron chi connectivity index (χ4n) is 3.91. The molecule has 5 nitrogen and oxygen atoms in total. The SMILES string of the molecule is C/C1=C/CC[C@@](C)(O)[C@@H]2CC(CC[C@](C)(O)[C@@H](O)CC1)[C@@H](C)C(=O)O2. The van der Waals surface area contributed by atoms with Crippen LogP contribution in [-0.2, 0) is 9.53 Å². The van der Waals surface area contributed by atoms with E-state index in [1.165, 1.54) is 0 Å². The van der Waals surface area contributed by atoms with Gasteiger partial charge in [0.1, 0.15) is 6.10 Å². The van der Waals surface area contributed by atoms with E-state index < -0.39 is 23.4 Å². The Morgan fingerprint density at radius 1 is 1.16 bits per heavy atom. The molecule has 0 radical (unpaired) electrons. The maximum absolute atomic E-state index is 12.3. The van der Waals surface area contributed by atoms with Gasteiger partial charge >= 0.3 is 5.97 Å². The van der Waals surface area contributed by atoms with E-state index in [-0.39, 0.29) is 17.8 Å². The van der Waals surface area contributed by atoms with Crippen molar-refractivity contribution in [2.45, 2.75) is 96.1 Å². The van der Waals surface area contributed by atoms with Crippen molar-refractivity contribution in [1.82, 2.24) is 0 Å². The van der Waals surface area contributed by atoms with Gasteiger partial charge in [0.15, 0.2) is 0 Å². The number of esters is 1. The Kier molecular flexibility index (Phi) is 6.34. The van der Waals surface area contributed by atoms with Crippen LogP contribution in [0.5, 0.6) is 0 Å². The van der Waals surface area contributed by atoms with Crippen molar-refractivity contribution in [3.8, 4) is 0 Å². The number of allylic oxidation sites excluding steroid dienone is 2. The number of carbonyl (C=O) groups is 1. The Morgan fingerprint density at radius 3 is 2.52 bits per heavy atom. The fourth-order valence-corrected chi connectivity index (χ4v) is 3.91. The first kappa shape index (κ1) is 20.4. The average molecular weight is 354 g/mol. The molecule has 1 fully saturated rings.